The van der Waals surface area contributed by atoms with E-state index < -0.39 is 4.92 Å². The zero-order chi connectivity index (χ0) is 12.1. The van der Waals surface area contributed by atoms with Crippen molar-refractivity contribution in [2.45, 2.75) is 6.42 Å². The minimum absolute atomic E-state index is 0.172. The standard InChI is InChI=1S/C9H9N5O3/c15-14(16)9-2-1-7(5-11-9)10-4-3-8-12-6-17-13-8/h1-2,5-6,10H,3-4H2. The fourth-order valence-corrected chi connectivity index (χ4v) is 1.22. The van der Waals surface area contributed by atoms with Crippen molar-refractivity contribution in [2.75, 3.05) is 11.9 Å². The van der Waals surface area contributed by atoms with Gasteiger partial charge in [0, 0.05) is 19.0 Å². The predicted octanol–water partition coefficient (Wildman–Crippen LogP) is 1.03. The Morgan fingerprint density at radius 1 is 1.41 bits per heavy atom. The molecule has 0 atom stereocenters. The van der Waals surface area contributed by atoms with Crippen LogP contribution < -0.4 is 5.32 Å². The van der Waals surface area contributed by atoms with Gasteiger partial charge >= 0.3 is 5.82 Å². The first kappa shape index (κ1) is 11.0. The fourth-order valence-electron chi connectivity index (χ4n) is 1.22. The third-order valence-corrected chi connectivity index (χ3v) is 2.02. The summed E-state index contributed by atoms with van der Waals surface area (Å²) >= 11 is 0. The highest BCUT2D eigenvalue weighted by Gasteiger charge is 2.06. The van der Waals surface area contributed by atoms with E-state index in [0.717, 1.165) is 0 Å². The van der Waals surface area contributed by atoms with Gasteiger partial charge in [-0.1, -0.05) is 5.16 Å². The van der Waals surface area contributed by atoms with Crippen molar-refractivity contribution >= 4 is 11.5 Å². The maximum atomic E-state index is 10.4. The maximum Gasteiger partial charge on any atom is 0.363 e. The highest BCUT2D eigenvalue weighted by atomic mass is 16.6. The lowest BCUT2D eigenvalue weighted by atomic mass is 10.3. The SMILES string of the molecule is O=[N+]([O-])c1ccc(NCCc2ncon2)cn1. The molecule has 0 amide bonds. The Balaban J connectivity index is 1.85. The van der Waals surface area contributed by atoms with E-state index in [-0.39, 0.29) is 5.82 Å². The monoisotopic (exact) mass is 235 g/mol. The molecule has 0 aliphatic heterocycles. The molecule has 0 aromatic carbocycles. The van der Waals surface area contributed by atoms with Crippen LogP contribution in [0.2, 0.25) is 0 Å². The number of nitrogens with zero attached hydrogens (tertiary/aromatic N) is 4. The van der Waals surface area contributed by atoms with Crippen molar-refractivity contribution < 1.29 is 9.45 Å². The molecule has 1 N–H and O–H groups in total. The average molecular weight is 235 g/mol. The van der Waals surface area contributed by atoms with Crippen molar-refractivity contribution in [3.63, 3.8) is 0 Å². The number of aromatic nitrogens is 3. The molecule has 0 fully saturated rings. The van der Waals surface area contributed by atoms with Gasteiger partial charge in [-0.15, -0.1) is 0 Å². The van der Waals surface area contributed by atoms with Crippen LogP contribution >= 0.6 is 0 Å². The van der Waals surface area contributed by atoms with Gasteiger partial charge in [0.15, 0.2) is 12.0 Å². The minimum Gasteiger partial charge on any atom is -0.382 e. The number of nitro groups is 1. The van der Waals surface area contributed by atoms with Crippen molar-refractivity contribution in [1.29, 1.82) is 0 Å². The molecule has 17 heavy (non-hydrogen) atoms. The molecule has 2 aromatic rings. The zero-order valence-corrected chi connectivity index (χ0v) is 8.74. The molecule has 2 aromatic heterocycles. The van der Waals surface area contributed by atoms with Crippen LogP contribution in [-0.2, 0) is 6.42 Å². The first-order valence-electron chi connectivity index (χ1n) is 4.85. The predicted molar refractivity (Wildman–Crippen MR) is 57.4 cm³/mol. The van der Waals surface area contributed by atoms with Crippen LogP contribution in [0.15, 0.2) is 29.2 Å². The van der Waals surface area contributed by atoms with E-state index in [1.165, 1.54) is 18.7 Å². The van der Waals surface area contributed by atoms with Gasteiger partial charge in [0.1, 0.15) is 0 Å². The normalized spacial score (nSPS) is 10.1. The van der Waals surface area contributed by atoms with E-state index >= 15 is 0 Å². The Bertz CT molecular complexity index is 482. The molecule has 88 valence electrons. The van der Waals surface area contributed by atoms with E-state index in [1.807, 2.05) is 0 Å². The quantitative estimate of drug-likeness (QED) is 0.609. The van der Waals surface area contributed by atoms with Gasteiger partial charge < -0.3 is 20.0 Å². The van der Waals surface area contributed by atoms with Gasteiger partial charge in [-0.05, 0) is 16.0 Å². The zero-order valence-electron chi connectivity index (χ0n) is 8.74. The topological polar surface area (TPSA) is 107 Å². The Labute approximate surface area is 95.8 Å². The van der Waals surface area contributed by atoms with Crippen LogP contribution in [0.25, 0.3) is 0 Å². The summed E-state index contributed by atoms with van der Waals surface area (Å²) in [4.78, 5) is 17.4. The van der Waals surface area contributed by atoms with Crippen molar-refractivity contribution in [3.8, 4) is 0 Å². The molecular formula is C9H9N5O3. The van der Waals surface area contributed by atoms with Crippen molar-refractivity contribution in [2.24, 2.45) is 0 Å². The maximum absolute atomic E-state index is 10.4. The van der Waals surface area contributed by atoms with Crippen LogP contribution in [-0.4, -0.2) is 26.6 Å². The Hall–Kier alpha value is -2.51. The molecule has 8 heteroatoms. The van der Waals surface area contributed by atoms with Crippen molar-refractivity contribution in [3.05, 3.63) is 40.7 Å². The van der Waals surface area contributed by atoms with Gasteiger partial charge in [-0.3, -0.25) is 0 Å². The number of hydrogen-bond acceptors (Lipinski definition) is 7. The third kappa shape index (κ3) is 2.97. The molecule has 2 heterocycles. The molecule has 0 bridgehead atoms. The van der Waals surface area contributed by atoms with Gasteiger partial charge in [-0.2, -0.15) is 4.98 Å². The number of anilines is 1. The summed E-state index contributed by atoms with van der Waals surface area (Å²) in [6, 6.07) is 2.94. The van der Waals surface area contributed by atoms with E-state index in [1.54, 1.807) is 6.07 Å². The Kier molecular flexibility index (Phi) is 3.24. The lowest BCUT2D eigenvalue weighted by Crippen LogP contribution is -2.06. The third-order valence-electron chi connectivity index (χ3n) is 2.02. The summed E-state index contributed by atoms with van der Waals surface area (Å²) in [5.74, 6) is 0.432. The summed E-state index contributed by atoms with van der Waals surface area (Å²) in [5, 5.41) is 17.1. The van der Waals surface area contributed by atoms with Crippen LogP contribution in [0.1, 0.15) is 5.82 Å². The van der Waals surface area contributed by atoms with E-state index in [2.05, 4.69) is 25.0 Å². The highest BCUT2D eigenvalue weighted by molar-refractivity contribution is 5.43. The number of nitrogens with one attached hydrogen (secondary N) is 1. The largest absolute Gasteiger partial charge is 0.382 e. The lowest BCUT2D eigenvalue weighted by molar-refractivity contribution is -0.389. The summed E-state index contributed by atoms with van der Waals surface area (Å²) in [6.45, 7) is 0.596. The summed E-state index contributed by atoms with van der Waals surface area (Å²) in [7, 11) is 0. The molecule has 0 spiro atoms. The number of hydrogen-bond donors (Lipinski definition) is 1. The molecule has 0 saturated carbocycles. The second kappa shape index (κ2) is 5.01. The second-order valence-corrected chi connectivity index (χ2v) is 3.19. The molecule has 0 aliphatic rings. The smallest absolute Gasteiger partial charge is 0.363 e. The number of rotatable bonds is 5. The molecule has 0 radical (unpaired) electrons. The van der Waals surface area contributed by atoms with Crippen LogP contribution in [0.3, 0.4) is 0 Å². The Morgan fingerprint density at radius 2 is 2.29 bits per heavy atom. The fraction of sp³-hybridized carbons (Fsp3) is 0.222. The second-order valence-electron chi connectivity index (χ2n) is 3.19. The van der Waals surface area contributed by atoms with E-state index in [4.69, 9.17) is 0 Å². The first-order valence-corrected chi connectivity index (χ1v) is 4.85. The van der Waals surface area contributed by atoms with Crippen molar-refractivity contribution in [1.82, 2.24) is 15.1 Å². The van der Waals surface area contributed by atoms with Gasteiger partial charge in [0.05, 0.1) is 5.69 Å². The highest BCUT2D eigenvalue weighted by Crippen LogP contribution is 2.11. The van der Waals surface area contributed by atoms with E-state index in [0.29, 0.717) is 24.5 Å². The molecule has 0 unspecified atom stereocenters. The first-order chi connectivity index (χ1) is 8.25. The molecule has 0 saturated heterocycles. The van der Waals surface area contributed by atoms with Gasteiger partial charge in [0.2, 0.25) is 6.39 Å². The summed E-state index contributed by atoms with van der Waals surface area (Å²) in [5.41, 5.74) is 0.707. The van der Waals surface area contributed by atoms with Crippen LogP contribution in [0.5, 0.6) is 0 Å². The minimum atomic E-state index is -0.539. The molecular weight excluding hydrogens is 226 g/mol. The lowest BCUT2D eigenvalue weighted by Gasteiger charge is -2.01. The van der Waals surface area contributed by atoms with E-state index in [9.17, 15) is 10.1 Å². The Morgan fingerprint density at radius 3 is 2.88 bits per heavy atom. The molecule has 2 rings (SSSR count). The van der Waals surface area contributed by atoms with Gasteiger partial charge in [0.25, 0.3) is 0 Å². The molecule has 8 nitrogen and oxygen atoms in total. The van der Waals surface area contributed by atoms with Crippen LogP contribution in [0.4, 0.5) is 11.5 Å². The summed E-state index contributed by atoms with van der Waals surface area (Å²) in [6.07, 6.45) is 3.28. The van der Waals surface area contributed by atoms with Crippen LogP contribution in [0, 0.1) is 10.1 Å². The summed E-state index contributed by atoms with van der Waals surface area (Å²) < 4.78 is 4.58. The molecule has 0 aliphatic carbocycles. The average Bonchev–Trinajstić information content (AvgIpc) is 2.83. The number of pyridine rings is 1. The van der Waals surface area contributed by atoms with Gasteiger partial charge in [-0.25, -0.2) is 0 Å².